The summed E-state index contributed by atoms with van der Waals surface area (Å²) >= 11 is 1.81. The van der Waals surface area contributed by atoms with Gasteiger partial charge < -0.3 is 4.57 Å². The summed E-state index contributed by atoms with van der Waals surface area (Å²) < 4.78 is 4.84. The molecule has 0 aliphatic heterocycles. The third-order valence-corrected chi connectivity index (χ3v) is 9.64. The fourth-order valence-electron chi connectivity index (χ4n) is 6.38. The highest BCUT2D eigenvalue weighted by Crippen LogP contribution is 2.40. The van der Waals surface area contributed by atoms with Crippen LogP contribution in [0.15, 0.2) is 152 Å². The highest BCUT2D eigenvalue weighted by atomic mass is 32.1. The van der Waals surface area contributed by atoms with E-state index in [9.17, 15) is 0 Å². The molecule has 9 aromatic rings. The molecule has 3 aromatic heterocycles. The first-order chi connectivity index (χ1) is 21.8. The summed E-state index contributed by atoms with van der Waals surface area (Å²) in [5.74, 6) is 0.738. The maximum Gasteiger partial charge on any atom is 0.161 e. The lowest BCUT2D eigenvalue weighted by molar-refractivity contribution is 1.17. The molecule has 0 saturated heterocycles. The van der Waals surface area contributed by atoms with Crippen LogP contribution in [0.25, 0.3) is 81.6 Å². The molecule has 0 spiro atoms. The lowest BCUT2D eigenvalue weighted by Crippen LogP contribution is -1.97. The van der Waals surface area contributed by atoms with E-state index >= 15 is 0 Å². The van der Waals surface area contributed by atoms with Crippen LogP contribution in [0.2, 0.25) is 0 Å². The second-order valence-electron chi connectivity index (χ2n) is 11.0. The third kappa shape index (κ3) is 3.96. The largest absolute Gasteiger partial charge is 0.309 e. The average molecular weight is 580 g/mol. The third-order valence-electron chi connectivity index (χ3n) is 8.42. The number of nitrogens with zero attached hydrogens (tertiary/aromatic N) is 3. The molecule has 3 heterocycles. The van der Waals surface area contributed by atoms with Gasteiger partial charge in [-0.3, -0.25) is 0 Å². The molecule has 6 aromatic carbocycles. The summed E-state index contributed by atoms with van der Waals surface area (Å²) in [6.45, 7) is 0. The van der Waals surface area contributed by atoms with Gasteiger partial charge in [0.1, 0.15) is 0 Å². The standard InChI is InChI=1S/C40H25N3S/c1-3-12-26(13-4-1)34-25-35(42-40(41-34)33-19-11-18-32-31-17-8-10-21-38(31)44-39(32)33)27-22-23-30-29-16-7-9-20-36(29)43(37(30)24-27)28-14-5-2-6-15-28/h1-25H. The molecular formula is C40H25N3S. The summed E-state index contributed by atoms with van der Waals surface area (Å²) in [4.78, 5) is 10.4. The molecule has 0 N–H and O–H groups in total. The molecule has 0 amide bonds. The predicted octanol–water partition coefficient (Wildman–Crippen LogP) is 10.9. The number of fused-ring (bicyclic) bond motifs is 6. The van der Waals surface area contributed by atoms with Crippen LogP contribution in [0.5, 0.6) is 0 Å². The van der Waals surface area contributed by atoms with Crippen LogP contribution in [-0.2, 0) is 0 Å². The van der Waals surface area contributed by atoms with E-state index in [1.54, 1.807) is 11.3 Å². The minimum Gasteiger partial charge on any atom is -0.309 e. The van der Waals surface area contributed by atoms with Crippen molar-refractivity contribution < 1.29 is 0 Å². The molecule has 206 valence electrons. The van der Waals surface area contributed by atoms with Crippen LogP contribution in [0.4, 0.5) is 0 Å². The van der Waals surface area contributed by atoms with Crippen molar-refractivity contribution in [2.75, 3.05) is 0 Å². The lowest BCUT2D eigenvalue weighted by atomic mass is 10.0. The van der Waals surface area contributed by atoms with E-state index in [0.29, 0.717) is 0 Å². The van der Waals surface area contributed by atoms with Crippen LogP contribution < -0.4 is 0 Å². The minimum absolute atomic E-state index is 0.738. The minimum atomic E-state index is 0.738. The van der Waals surface area contributed by atoms with Gasteiger partial charge in [0.2, 0.25) is 0 Å². The first kappa shape index (κ1) is 25.0. The van der Waals surface area contributed by atoms with Crippen molar-refractivity contribution in [2.24, 2.45) is 0 Å². The SMILES string of the molecule is c1ccc(-c2cc(-c3ccc4c5ccccc5n(-c5ccccc5)c4c3)nc(-c3cccc4c3sc3ccccc34)n2)cc1. The second-order valence-corrected chi connectivity index (χ2v) is 12.1. The van der Waals surface area contributed by atoms with Crippen molar-refractivity contribution in [2.45, 2.75) is 0 Å². The Bertz CT molecular complexity index is 2490. The number of hydrogen-bond donors (Lipinski definition) is 0. The summed E-state index contributed by atoms with van der Waals surface area (Å²) in [5.41, 5.74) is 8.48. The average Bonchev–Trinajstić information content (AvgIpc) is 3.64. The van der Waals surface area contributed by atoms with Crippen molar-refractivity contribution in [1.82, 2.24) is 14.5 Å². The van der Waals surface area contributed by atoms with E-state index < -0.39 is 0 Å². The maximum absolute atomic E-state index is 5.27. The Hall–Kier alpha value is -5.58. The smallest absolute Gasteiger partial charge is 0.161 e. The van der Waals surface area contributed by atoms with Gasteiger partial charge >= 0.3 is 0 Å². The molecule has 44 heavy (non-hydrogen) atoms. The number of benzene rings is 6. The summed E-state index contributed by atoms with van der Waals surface area (Å²) in [6, 6.07) is 53.6. The number of aromatic nitrogens is 3. The van der Waals surface area contributed by atoms with E-state index in [0.717, 1.165) is 45.1 Å². The Morgan fingerprint density at radius 2 is 1.11 bits per heavy atom. The zero-order valence-electron chi connectivity index (χ0n) is 23.7. The number of hydrogen-bond acceptors (Lipinski definition) is 3. The fraction of sp³-hybridized carbons (Fsp3) is 0. The summed E-state index contributed by atoms with van der Waals surface area (Å²) in [6.07, 6.45) is 0. The van der Waals surface area contributed by atoms with E-state index in [1.165, 1.54) is 36.5 Å². The first-order valence-corrected chi connectivity index (χ1v) is 15.6. The van der Waals surface area contributed by atoms with Crippen molar-refractivity contribution >= 4 is 53.3 Å². The van der Waals surface area contributed by atoms with Crippen LogP contribution in [-0.4, -0.2) is 14.5 Å². The number of rotatable bonds is 4. The van der Waals surface area contributed by atoms with E-state index in [1.807, 2.05) is 6.07 Å². The van der Waals surface area contributed by atoms with E-state index in [4.69, 9.17) is 9.97 Å². The zero-order valence-corrected chi connectivity index (χ0v) is 24.5. The van der Waals surface area contributed by atoms with Crippen molar-refractivity contribution in [1.29, 1.82) is 0 Å². The second kappa shape index (κ2) is 10.0. The van der Waals surface area contributed by atoms with Crippen LogP contribution in [0.1, 0.15) is 0 Å². The fourth-order valence-corrected chi connectivity index (χ4v) is 7.59. The van der Waals surface area contributed by atoms with Crippen LogP contribution in [0.3, 0.4) is 0 Å². The molecule has 0 atom stereocenters. The predicted molar refractivity (Wildman–Crippen MR) is 186 cm³/mol. The first-order valence-electron chi connectivity index (χ1n) is 14.8. The van der Waals surface area contributed by atoms with Crippen molar-refractivity contribution in [3.8, 4) is 39.6 Å². The van der Waals surface area contributed by atoms with Gasteiger partial charge in [0.25, 0.3) is 0 Å². The topological polar surface area (TPSA) is 30.7 Å². The van der Waals surface area contributed by atoms with Gasteiger partial charge in [0, 0.05) is 53.3 Å². The monoisotopic (exact) mass is 579 g/mol. The molecule has 0 radical (unpaired) electrons. The molecule has 0 unspecified atom stereocenters. The molecule has 0 bridgehead atoms. The van der Waals surface area contributed by atoms with E-state index in [2.05, 4.69) is 150 Å². The van der Waals surface area contributed by atoms with E-state index in [-0.39, 0.29) is 0 Å². The van der Waals surface area contributed by atoms with Gasteiger partial charge in [-0.15, -0.1) is 11.3 Å². The molecule has 0 fully saturated rings. The maximum atomic E-state index is 5.27. The number of para-hydroxylation sites is 2. The molecule has 9 rings (SSSR count). The van der Waals surface area contributed by atoms with Gasteiger partial charge in [0.15, 0.2) is 5.82 Å². The van der Waals surface area contributed by atoms with Crippen LogP contribution in [0, 0.1) is 0 Å². The Kier molecular flexibility index (Phi) is 5.68. The van der Waals surface area contributed by atoms with Crippen molar-refractivity contribution in [3.05, 3.63) is 152 Å². The zero-order chi connectivity index (χ0) is 29.0. The Morgan fingerprint density at radius 3 is 1.95 bits per heavy atom. The Labute approximate surface area is 258 Å². The Balaban J connectivity index is 1.31. The lowest BCUT2D eigenvalue weighted by Gasteiger charge is -2.11. The molecule has 3 nitrogen and oxygen atoms in total. The van der Waals surface area contributed by atoms with Gasteiger partial charge in [-0.2, -0.15) is 0 Å². The summed E-state index contributed by atoms with van der Waals surface area (Å²) in [7, 11) is 0. The molecular weight excluding hydrogens is 555 g/mol. The molecule has 4 heteroatoms. The molecule has 0 saturated carbocycles. The quantitative estimate of drug-likeness (QED) is 0.208. The van der Waals surface area contributed by atoms with Crippen molar-refractivity contribution in [3.63, 3.8) is 0 Å². The Morgan fingerprint density at radius 1 is 0.455 bits per heavy atom. The number of thiophene rings is 1. The van der Waals surface area contributed by atoms with Crippen LogP contribution >= 0.6 is 11.3 Å². The normalized spacial score (nSPS) is 11.6. The highest BCUT2D eigenvalue weighted by molar-refractivity contribution is 7.26. The molecule has 0 aliphatic rings. The van der Waals surface area contributed by atoms with Gasteiger partial charge in [-0.05, 0) is 42.5 Å². The van der Waals surface area contributed by atoms with Gasteiger partial charge in [-0.1, -0.05) is 109 Å². The summed E-state index contributed by atoms with van der Waals surface area (Å²) in [5, 5.41) is 4.98. The van der Waals surface area contributed by atoms with Gasteiger partial charge in [0.05, 0.1) is 22.4 Å². The molecule has 0 aliphatic carbocycles. The van der Waals surface area contributed by atoms with Gasteiger partial charge in [-0.25, -0.2) is 9.97 Å². The highest BCUT2D eigenvalue weighted by Gasteiger charge is 2.17.